The van der Waals surface area contributed by atoms with Crippen molar-refractivity contribution in [1.29, 1.82) is 0 Å². The van der Waals surface area contributed by atoms with Crippen LogP contribution in [0.15, 0.2) is 16.3 Å². The number of nitrogens with zero attached hydrogens (tertiary/aromatic N) is 1. The van der Waals surface area contributed by atoms with Crippen molar-refractivity contribution >= 4 is 33.2 Å². The number of fused-ring (bicyclic) bond motifs is 1. The molecule has 1 amide bonds. The molecule has 0 radical (unpaired) electrons. The molecule has 2 N–H and O–H groups in total. The molecule has 2 aliphatic rings. The lowest BCUT2D eigenvalue weighted by Crippen LogP contribution is -2.46. The fourth-order valence-corrected chi connectivity index (χ4v) is 5.74. The molecule has 0 bridgehead atoms. The van der Waals surface area contributed by atoms with Crippen LogP contribution in [0.3, 0.4) is 0 Å². The number of carboxylic acid groups (broad SMARTS) is 1. The predicted molar refractivity (Wildman–Crippen MR) is 88.5 cm³/mol. The van der Waals surface area contributed by atoms with Crippen LogP contribution in [0.25, 0.3) is 0 Å². The molecule has 3 rings (SSSR count). The molecular weight excluding hydrogens is 352 g/mol. The summed E-state index contributed by atoms with van der Waals surface area (Å²) in [6.07, 6.45) is 4.30. The molecule has 2 fully saturated rings. The van der Waals surface area contributed by atoms with Gasteiger partial charge in [-0.2, -0.15) is 0 Å². The molecule has 1 aromatic heterocycles. The number of nitrogens with one attached hydrogen (secondary N) is 1. The summed E-state index contributed by atoms with van der Waals surface area (Å²) in [7, 11) is -2.31. The van der Waals surface area contributed by atoms with Crippen LogP contribution < -0.4 is 4.72 Å². The normalized spacial score (nSPS) is 27.0. The highest BCUT2D eigenvalue weighted by Crippen LogP contribution is 2.41. The van der Waals surface area contributed by atoms with E-state index < -0.39 is 22.0 Å². The van der Waals surface area contributed by atoms with E-state index in [2.05, 4.69) is 4.72 Å². The molecule has 3 atom stereocenters. The molecule has 9 heteroatoms. The van der Waals surface area contributed by atoms with Crippen molar-refractivity contribution in [3.8, 4) is 0 Å². The summed E-state index contributed by atoms with van der Waals surface area (Å²) >= 11 is 1.04. The first kappa shape index (κ1) is 17.4. The Kier molecular flexibility index (Phi) is 4.67. The van der Waals surface area contributed by atoms with Crippen molar-refractivity contribution in [2.75, 3.05) is 7.05 Å². The number of hydrogen-bond acceptors (Lipinski definition) is 5. The fraction of sp³-hybridized carbons (Fsp3) is 0.600. The van der Waals surface area contributed by atoms with Gasteiger partial charge in [-0.25, -0.2) is 17.9 Å². The van der Waals surface area contributed by atoms with Gasteiger partial charge in [0.1, 0.15) is 6.04 Å². The molecule has 1 aromatic rings. The quantitative estimate of drug-likeness (QED) is 0.834. The molecule has 132 valence electrons. The molecule has 1 aliphatic heterocycles. The van der Waals surface area contributed by atoms with Crippen LogP contribution in [0.5, 0.6) is 0 Å². The highest BCUT2D eigenvalue weighted by atomic mass is 32.2. The van der Waals surface area contributed by atoms with E-state index in [1.165, 1.54) is 23.4 Å². The number of aliphatic carboxylic acids is 1. The minimum absolute atomic E-state index is 0.0321. The molecule has 1 saturated heterocycles. The maximum Gasteiger partial charge on any atom is 0.326 e. The summed E-state index contributed by atoms with van der Waals surface area (Å²) in [6.45, 7) is 0. The van der Waals surface area contributed by atoms with Crippen LogP contribution >= 0.6 is 11.3 Å². The van der Waals surface area contributed by atoms with Gasteiger partial charge < -0.3 is 10.0 Å². The lowest BCUT2D eigenvalue weighted by Gasteiger charge is -2.32. The van der Waals surface area contributed by atoms with Crippen LogP contribution in [0.1, 0.15) is 41.8 Å². The van der Waals surface area contributed by atoms with E-state index in [4.69, 9.17) is 0 Å². The van der Waals surface area contributed by atoms with E-state index in [-0.39, 0.29) is 27.6 Å². The number of carboxylic acids is 1. The predicted octanol–water partition coefficient (Wildman–Crippen LogP) is 1.51. The van der Waals surface area contributed by atoms with E-state index in [0.717, 1.165) is 37.0 Å². The summed E-state index contributed by atoms with van der Waals surface area (Å²) in [5.74, 6) is -1.14. The van der Waals surface area contributed by atoms with Crippen LogP contribution in [0, 0.1) is 5.92 Å². The van der Waals surface area contributed by atoms with E-state index in [1.807, 2.05) is 0 Å². The van der Waals surface area contributed by atoms with Gasteiger partial charge in [-0.05, 0) is 38.3 Å². The van der Waals surface area contributed by atoms with Gasteiger partial charge in [0.15, 0.2) is 0 Å². The zero-order valence-corrected chi connectivity index (χ0v) is 14.9. The minimum Gasteiger partial charge on any atom is -0.480 e. The zero-order chi connectivity index (χ0) is 17.5. The first-order chi connectivity index (χ1) is 11.3. The van der Waals surface area contributed by atoms with Gasteiger partial charge in [-0.1, -0.05) is 12.8 Å². The summed E-state index contributed by atoms with van der Waals surface area (Å²) in [5, 5.41) is 10.9. The van der Waals surface area contributed by atoms with Crippen LogP contribution in [-0.2, 0) is 14.8 Å². The number of thiophene rings is 1. The molecule has 3 unspecified atom stereocenters. The van der Waals surface area contributed by atoms with E-state index in [9.17, 15) is 23.1 Å². The number of amides is 1. The number of hydrogen-bond donors (Lipinski definition) is 2. The van der Waals surface area contributed by atoms with Crippen molar-refractivity contribution in [2.24, 2.45) is 5.92 Å². The third-order valence-corrected chi connectivity index (χ3v) is 7.43. The second-order valence-electron chi connectivity index (χ2n) is 6.27. The Hall–Kier alpha value is -1.45. The second-order valence-corrected chi connectivity index (χ2v) is 9.07. The van der Waals surface area contributed by atoms with E-state index >= 15 is 0 Å². The average Bonchev–Trinajstić information content (AvgIpc) is 3.19. The first-order valence-corrected chi connectivity index (χ1v) is 10.3. The summed E-state index contributed by atoms with van der Waals surface area (Å²) in [5.41, 5.74) is 0. The average molecular weight is 372 g/mol. The van der Waals surface area contributed by atoms with E-state index in [1.54, 1.807) is 0 Å². The van der Waals surface area contributed by atoms with Gasteiger partial charge in [0.2, 0.25) is 10.0 Å². The largest absolute Gasteiger partial charge is 0.480 e. The van der Waals surface area contributed by atoms with Crippen LogP contribution in [0.4, 0.5) is 0 Å². The third kappa shape index (κ3) is 2.96. The standard InChI is InChI=1S/C15H20N2O5S2/c1-16-24(21,22)10-7-13(23-8-10)14(18)17-11-5-3-2-4-9(11)6-12(17)15(19)20/h7-9,11-12,16H,2-6H2,1H3,(H,19,20). The number of carbonyl (C=O) groups excluding carboxylic acids is 1. The lowest BCUT2D eigenvalue weighted by molar-refractivity contribution is -0.141. The molecule has 0 aromatic carbocycles. The van der Waals surface area contributed by atoms with Crippen molar-refractivity contribution in [2.45, 2.75) is 49.1 Å². The summed E-state index contributed by atoms with van der Waals surface area (Å²) in [6, 6.07) is 0.448. The molecule has 7 nitrogen and oxygen atoms in total. The number of likely N-dealkylation sites (tertiary alicyclic amines) is 1. The maximum atomic E-state index is 12.9. The van der Waals surface area contributed by atoms with Gasteiger partial charge in [-0.15, -0.1) is 11.3 Å². The monoisotopic (exact) mass is 372 g/mol. The minimum atomic E-state index is -3.61. The van der Waals surface area contributed by atoms with Crippen LogP contribution in [0.2, 0.25) is 0 Å². The first-order valence-electron chi connectivity index (χ1n) is 7.92. The van der Waals surface area contributed by atoms with Gasteiger partial charge in [0.05, 0.1) is 9.77 Å². The Bertz CT molecular complexity index is 758. The van der Waals surface area contributed by atoms with Crippen molar-refractivity contribution in [1.82, 2.24) is 9.62 Å². The number of sulfonamides is 1. The van der Waals surface area contributed by atoms with Gasteiger partial charge >= 0.3 is 5.97 Å². The van der Waals surface area contributed by atoms with Gasteiger partial charge in [0, 0.05) is 11.4 Å². The fourth-order valence-electron chi connectivity index (χ4n) is 3.79. The zero-order valence-electron chi connectivity index (χ0n) is 13.3. The summed E-state index contributed by atoms with van der Waals surface area (Å²) < 4.78 is 25.9. The van der Waals surface area contributed by atoms with Crippen molar-refractivity contribution in [3.05, 3.63) is 16.3 Å². The Morgan fingerprint density at radius 1 is 1.33 bits per heavy atom. The van der Waals surface area contributed by atoms with Crippen molar-refractivity contribution < 1.29 is 23.1 Å². The molecule has 2 heterocycles. The Labute approximate surface area is 144 Å². The van der Waals surface area contributed by atoms with E-state index in [0.29, 0.717) is 6.42 Å². The Morgan fingerprint density at radius 2 is 2.04 bits per heavy atom. The Morgan fingerprint density at radius 3 is 2.71 bits per heavy atom. The maximum absolute atomic E-state index is 12.9. The molecule has 0 spiro atoms. The number of carbonyl (C=O) groups is 2. The summed E-state index contributed by atoms with van der Waals surface area (Å²) in [4.78, 5) is 26.3. The van der Waals surface area contributed by atoms with Crippen LogP contribution in [-0.4, -0.2) is 49.4 Å². The highest BCUT2D eigenvalue weighted by Gasteiger charge is 2.48. The topological polar surface area (TPSA) is 104 Å². The molecule has 1 aliphatic carbocycles. The second kappa shape index (κ2) is 6.45. The molecular formula is C15H20N2O5S2. The molecule has 24 heavy (non-hydrogen) atoms. The number of rotatable bonds is 4. The highest BCUT2D eigenvalue weighted by molar-refractivity contribution is 7.89. The lowest BCUT2D eigenvalue weighted by atomic mass is 9.85. The smallest absolute Gasteiger partial charge is 0.326 e. The van der Waals surface area contributed by atoms with Gasteiger partial charge in [0.25, 0.3) is 5.91 Å². The molecule has 1 saturated carbocycles. The SMILES string of the molecule is CNS(=O)(=O)c1csc(C(=O)N2C(C(=O)O)CC3CCCCC32)c1. The third-order valence-electron chi connectivity index (χ3n) is 4.97. The Balaban J connectivity index is 1.91. The van der Waals surface area contributed by atoms with Crippen molar-refractivity contribution in [3.63, 3.8) is 0 Å². The van der Waals surface area contributed by atoms with Gasteiger partial charge in [-0.3, -0.25) is 4.79 Å².